The standard InChI is InChI=1S/C18H17FN4O/c19-16-9-13(10-20)5-6-17(16)23-8-2-4-15(12-23)22-18(24)14-3-1-7-21-11-14/h1,3,5-7,9,11,15H,2,4,8,12H2,(H,22,24)/t15-/m0/s1. The molecule has 5 nitrogen and oxygen atoms in total. The highest BCUT2D eigenvalue weighted by molar-refractivity contribution is 5.94. The number of halogens is 1. The summed E-state index contributed by atoms with van der Waals surface area (Å²) >= 11 is 0. The Bertz CT molecular complexity index is 772. The van der Waals surface area contributed by atoms with Crippen molar-refractivity contribution in [3.63, 3.8) is 0 Å². The first-order valence-corrected chi connectivity index (χ1v) is 7.83. The van der Waals surface area contributed by atoms with Crippen LogP contribution in [0.1, 0.15) is 28.8 Å². The number of carbonyl (C=O) groups excluding carboxylic acids is 1. The second-order valence-electron chi connectivity index (χ2n) is 5.78. The number of anilines is 1. The molecule has 1 aromatic heterocycles. The Kier molecular flexibility index (Phi) is 4.71. The predicted octanol–water partition coefficient (Wildman–Crippen LogP) is 2.49. The molecule has 6 heteroatoms. The van der Waals surface area contributed by atoms with E-state index in [0.29, 0.717) is 23.4 Å². The van der Waals surface area contributed by atoms with Crippen LogP contribution in [0.25, 0.3) is 0 Å². The van der Waals surface area contributed by atoms with Crippen LogP contribution in [0.5, 0.6) is 0 Å². The summed E-state index contributed by atoms with van der Waals surface area (Å²) in [6, 6.07) is 9.78. The van der Waals surface area contributed by atoms with Gasteiger partial charge in [-0.1, -0.05) is 0 Å². The number of nitrogens with one attached hydrogen (secondary N) is 1. The van der Waals surface area contributed by atoms with E-state index in [1.807, 2.05) is 11.0 Å². The van der Waals surface area contributed by atoms with Crippen molar-refractivity contribution in [3.8, 4) is 6.07 Å². The van der Waals surface area contributed by atoms with Crippen LogP contribution in [0.15, 0.2) is 42.7 Å². The Labute approximate surface area is 139 Å². The fourth-order valence-corrected chi connectivity index (χ4v) is 2.91. The van der Waals surface area contributed by atoms with Gasteiger partial charge in [0.1, 0.15) is 5.82 Å². The molecule has 24 heavy (non-hydrogen) atoms. The number of aromatic nitrogens is 1. The van der Waals surface area contributed by atoms with Gasteiger partial charge in [-0.2, -0.15) is 5.26 Å². The molecule has 0 bridgehead atoms. The lowest BCUT2D eigenvalue weighted by Crippen LogP contribution is -2.48. The van der Waals surface area contributed by atoms with Gasteiger partial charge in [-0.3, -0.25) is 9.78 Å². The topological polar surface area (TPSA) is 69.0 Å². The number of piperidine rings is 1. The molecule has 0 radical (unpaired) electrons. The van der Waals surface area contributed by atoms with E-state index >= 15 is 0 Å². The first kappa shape index (κ1) is 15.9. The summed E-state index contributed by atoms with van der Waals surface area (Å²) in [4.78, 5) is 18.1. The number of pyridine rings is 1. The number of hydrogen-bond acceptors (Lipinski definition) is 4. The smallest absolute Gasteiger partial charge is 0.253 e. The number of benzene rings is 1. The van der Waals surface area contributed by atoms with E-state index in [9.17, 15) is 9.18 Å². The van der Waals surface area contributed by atoms with E-state index < -0.39 is 5.82 Å². The average molecular weight is 324 g/mol. The van der Waals surface area contributed by atoms with Gasteiger partial charge in [0.25, 0.3) is 5.91 Å². The Morgan fingerprint density at radius 3 is 3.00 bits per heavy atom. The van der Waals surface area contributed by atoms with Crippen LogP contribution in [0.4, 0.5) is 10.1 Å². The van der Waals surface area contributed by atoms with Gasteiger partial charge in [-0.15, -0.1) is 0 Å². The summed E-state index contributed by atoms with van der Waals surface area (Å²) in [6.45, 7) is 1.26. The van der Waals surface area contributed by atoms with E-state index in [4.69, 9.17) is 5.26 Å². The molecule has 1 fully saturated rings. The zero-order valence-corrected chi connectivity index (χ0v) is 13.1. The maximum Gasteiger partial charge on any atom is 0.253 e. The van der Waals surface area contributed by atoms with Gasteiger partial charge in [-0.25, -0.2) is 4.39 Å². The summed E-state index contributed by atoms with van der Waals surface area (Å²) in [5.41, 5.74) is 1.28. The van der Waals surface area contributed by atoms with Crippen molar-refractivity contribution >= 4 is 11.6 Å². The number of nitriles is 1. The van der Waals surface area contributed by atoms with Crippen molar-refractivity contribution < 1.29 is 9.18 Å². The van der Waals surface area contributed by atoms with E-state index in [1.165, 1.54) is 12.3 Å². The first-order valence-electron chi connectivity index (χ1n) is 7.83. The van der Waals surface area contributed by atoms with Gasteiger partial charge in [-0.05, 0) is 43.2 Å². The molecule has 1 aromatic carbocycles. The second kappa shape index (κ2) is 7.09. The van der Waals surface area contributed by atoms with Gasteiger partial charge >= 0.3 is 0 Å². The van der Waals surface area contributed by atoms with Crippen molar-refractivity contribution in [2.45, 2.75) is 18.9 Å². The SMILES string of the molecule is N#Cc1ccc(N2CCC[C@H](NC(=O)c3cccnc3)C2)c(F)c1. The zero-order chi connectivity index (χ0) is 16.9. The van der Waals surface area contributed by atoms with Crippen LogP contribution < -0.4 is 10.2 Å². The Hall–Kier alpha value is -2.94. The molecule has 1 atom stereocenters. The highest BCUT2D eigenvalue weighted by Gasteiger charge is 2.23. The number of nitrogens with zero attached hydrogens (tertiary/aromatic N) is 3. The van der Waals surface area contributed by atoms with Crippen LogP contribution in [0, 0.1) is 17.1 Å². The van der Waals surface area contributed by atoms with E-state index in [-0.39, 0.29) is 11.9 Å². The van der Waals surface area contributed by atoms with Crippen molar-refractivity contribution in [1.82, 2.24) is 10.3 Å². The molecule has 1 amide bonds. The van der Waals surface area contributed by atoms with Crippen LogP contribution in [-0.2, 0) is 0 Å². The predicted molar refractivity (Wildman–Crippen MR) is 88.1 cm³/mol. The van der Waals surface area contributed by atoms with Crippen molar-refractivity contribution in [1.29, 1.82) is 5.26 Å². The Morgan fingerprint density at radius 2 is 2.29 bits per heavy atom. The monoisotopic (exact) mass is 324 g/mol. The molecule has 1 aliphatic heterocycles. The molecule has 2 heterocycles. The largest absolute Gasteiger partial charge is 0.367 e. The molecular formula is C18H17FN4O. The molecule has 1 N–H and O–H groups in total. The zero-order valence-electron chi connectivity index (χ0n) is 13.1. The minimum Gasteiger partial charge on any atom is -0.367 e. The van der Waals surface area contributed by atoms with E-state index in [2.05, 4.69) is 10.3 Å². The summed E-state index contributed by atoms with van der Waals surface area (Å²) in [7, 11) is 0. The lowest BCUT2D eigenvalue weighted by Gasteiger charge is -2.35. The fraction of sp³-hybridized carbons (Fsp3) is 0.278. The third-order valence-corrected chi connectivity index (χ3v) is 4.10. The lowest BCUT2D eigenvalue weighted by molar-refractivity contribution is 0.0933. The van der Waals surface area contributed by atoms with Crippen molar-refractivity contribution in [2.24, 2.45) is 0 Å². The number of carbonyl (C=O) groups is 1. The highest BCUT2D eigenvalue weighted by atomic mass is 19.1. The molecule has 0 aliphatic carbocycles. The molecule has 0 saturated carbocycles. The van der Waals surface area contributed by atoms with Crippen LogP contribution in [0.2, 0.25) is 0 Å². The maximum atomic E-state index is 14.2. The Morgan fingerprint density at radius 1 is 1.42 bits per heavy atom. The minimum atomic E-state index is -0.409. The molecule has 1 aliphatic rings. The van der Waals surface area contributed by atoms with E-state index in [1.54, 1.807) is 30.5 Å². The molecule has 0 spiro atoms. The molecule has 122 valence electrons. The highest BCUT2D eigenvalue weighted by Crippen LogP contribution is 2.24. The maximum absolute atomic E-state index is 14.2. The molecule has 2 aromatic rings. The summed E-state index contributed by atoms with van der Waals surface area (Å²) in [5, 5.41) is 11.8. The summed E-state index contributed by atoms with van der Waals surface area (Å²) in [5.74, 6) is -0.580. The van der Waals surface area contributed by atoms with Gasteiger partial charge in [0.05, 0.1) is 22.9 Å². The quantitative estimate of drug-likeness (QED) is 0.942. The van der Waals surface area contributed by atoms with Gasteiger partial charge in [0.15, 0.2) is 0 Å². The molecular weight excluding hydrogens is 307 g/mol. The fourth-order valence-electron chi connectivity index (χ4n) is 2.91. The van der Waals surface area contributed by atoms with Gasteiger partial charge in [0.2, 0.25) is 0 Å². The Balaban J connectivity index is 1.69. The van der Waals surface area contributed by atoms with E-state index in [0.717, 1.165) is 19.4 Å². The third kappa shape index (κ3) is 3.51. The van der Waals surface area contributed by atoms with Crippen LogP contribution in [-0.4, -0.2) is 30.0 Å². The van der Waals surface area contributed by atoms with Gasteiger partial charge in [0, 0.05) is 31.5 Å². The van der Waals surface area contributed by atoms with Gasteiger partial charge < -0.3 is 10.2 Å². The summed E-state index contributed by atoms with van der Waals surface area (Å²) < 4.78 is 14.2. The van der Waals surface area contributed by atoms with Crippen molar-refractivity contribution in [2.75, 3.05) is 18.0 Å². The normalized spacial score (nSPS) is 17.2. The number of hydrogen-bond donors (Lipinski definition) is 1. The molecule has 0 unspecified atom stereocenters. The molecule has 3 rings (SSSR count). The average Bonchev–Trinajstić information content (AvgIpc) is 2.62. The summed E-state index contributed by atoms with van der Waals surface area (Å²) in [6.07, 6.45) is 4.85. The minimum absolute atomic E-state index is 0.0542. The van der Waals surface area contributed by atoms with Crippen LogP contribution in [0.3, 0.4) is 0 Å². The molecule has 1 saturated heterocycles. The lowest BCUT2D eigenvalue weighted by atomic mass is 10.0. The number of amides is 1. The van der Waals surface area contributed by atoms with Crippen LogP contribution >= 0.6 is 0 Å². The number of rotatable bonds is 3. The third-order valence-electron chi connectivity index (χ3n) is 4.10. The first-order chi connectivity index (χ1) is 11.7. The second-order valence-corrected chi connectivity index (χ2v) is 5.78. The van der Waals surface area contributed by atoms with Crippen molar-refractivity contribution in [3.05, 3.63) is 59.7 Å².